The third kappa shape index (κ3) is 2.48. The highest BCUT2D eigenvalue weighted by Gasteiger charge is 2.29. The summed E-state index contributed by atoms with van der Waals surface area (Å²) in [7, 11) is 1.18. The number of rotatable bonds is 4. The first kappa shape index (κ1) is 13.7. The molecule has 1 aromatic rings. The zero-order chi connectivity index (χ0) is 13.2. The zero-order valence-corrected chi connectivity index (χ0v) is 9.59. The average Bonchev–Trinajstić information content (AvgIpc) is 2.25. The number of carbonyl (C=O) groups is 1. The molecule has 0 aromatic heterocycles. The van der Waals surface area contributed by atoms with Gasteiger partial charge in [-0.05, 0) is 6.07 Å². The van der Waals surface area contributed by atoms with E-state index in [1.807, 2.05) is 0 Å². The smallest absolute Gasteiger partial charge is 0.312 e. The molecule has 0 heterocycles. The van der Waals surface area contributed by atoms with Gasteiger partial charge in [-0.2, -0.15) is 0 Å². The molecular formula is C10H10ClF2NO3. The SMILES string of the molecule is COc1c(Cl)cc(F)c(F)c1C(CN)C(=O)O. The van der Waals surface area contributed by atoms with Crippen LogP contribution in [0.4, 0.5) is 8.78 Å². The molecule has 1 unspecified atom stereocenters. The summed E-state index contributed by atoms with van der Waals surface area (Å²) in [5, 5.41) is 8.68. The van der Waals surface area contributed by atoms with Crippen molar-refractivity contribution in [2.24, 2.45) is 5.73 Å². The van der Waals surface area contributed by atoms with Gasteiger partial charge in [-0.1, -0.05) is 11.6 Å². The van der Waals surface area contributed by atoms with Gasteiger partial charge in [0.2, 0.25) is 0 Å². The predicted molar refractivity (Wildman–Crippen MR) is 57.4 cm³/mol. The maximum absolute atomic E-state index is 13.6. The van der Waals surface area contributed by atoms with E-state index in [1.165, 1.54) is 7.11 Å². The largest absolute Gasteiger partial charge is 0.495 e. The number of carboxylic acid groups (broad SMARTS) is 1. The maximum Gasteiger partial charge on any atom is 0.312 e. The summed E-state index contributed by atoms with van der Waals surface area (Å²) >= 11 is 5.65. The summed E-state index contributed by atoms with van der Waals surface area (Å²) in [5.74, 6) is -5.58. The van der Waals surface area contributed by atoms with Crippen LogP contribution in [-0.2, 0) is 4.79 Å². The molecule has 0 aliphatic rings. The van der Waals surface area contributed by atoms with E-state index in [1.54, 1.807) is 0 Å². The molecule has 94 valence electrons. The Bertz CT molecular complexity index is 454. The van der Waals surface area contributed by atoms with Crippen LogP contribution < -0.4 is 10.5 Å². The number of hydrogen-bond donors (Lipinski definition) is 2. The van der Waals surface area contributed by atoms with E-state index in [9.17, 15) is 13.6 Å². The Kier molecular flexibility index (Phi) is 4.25. The monoisotopic (exact) mass is 265 g/mol. The highest BCUT2D eigenvalue weighted by molar-refractivity contribution is 6.32. The van der Waals surface area contributed by atoms with Crippen molar-refractivity contribution in [3.8, 4) is 5.75 Å². The van der Waals surface area contributed by atoms with Crippen LogP contribution in [0.5, 0.6) is 5.75 Å². The second-order valence-corrected chi connectivity index (χ2v) is 3.63. The molecule has 0 aliphatic heterocycles. The number of halogens is 3. The molecule has 0 spiro atoms. The molecule has 1 rings (SSSR count). The fourth-order valence-electron chi connectivity index (χ4n) is 1.46. The average molecular weight is 266 g/mol. The Balaban J connectivity index is 3.53. The normalized spacial score (nSPS) is 12.3. The van der Waals surface area contributed by atoms with Crippen molar-refractivity contribution in [1.29, 1.82) is 0 Å². The van der Waals surface area contributed by atoms with E-state index in [2.05, 4.69) is 0 Å². The quantitative estimate of drug-likeness (QED) is 0.814. The minimum absolute atomic E-state index is 0.207. The van der Waals surface area contributed by atoms with Crippen molar-refractivity contribution in [3.63, 3.8) is 0 Å². The molecule has 0 saturated carbocycles. The Morgan fingerprint density at radius 3 is 2.65 bits per heavy atom. The van der Waals surface area contributed by atoms with Gasteiger partial charge in [-0.15, -0.1) is 0 Å². The van der Waals surface area contributed by atoms with Crippen LogP contribution in [0.3, 0.4) is 0 Å². The van der Waals surface area contributed by atoms with Crippen molar-refractivity contribution < 1.29 is 23.4 Å². The minimum atomic E-state index is -1.42. The molecule has 7 heteroatoms. The minimum Gasteiger partial charge on any atom is -0.495 e. The summed E-state index contributed by atoms with van der Waals surface area (Å²) in [6.45, 7) is -0.400. The van der Waals surface area contributed by atoms with Crippen LogP contribution in [0.25, 0.3) is 0 Å². The van der Waals surface area contributed by atoms with E-state index >= 15 is 0 Å². The molecular weight excluding hydrogens is 256 g/mol. The second-order valence-electron chi connectivity index (χ2n) is 3.23. The summed E-state index contributed by atoms with van der Waals surface area (Å²) in [6, 6.07) is 0.717. The van der Waals surface area contributed by atoms with E-state index in [-0.39, 0.29) is 10.8 Å². The van der Waals surface area contributed by atoms with Gasteiger partial charge in [0.05, 0.1) is 12.1 Å². The van der Waals surface area contributed by atoms with Crippen LogP contribution in [-0.4, -0.2) is 24.7 Å². The molecule has 3 N–H and O–H groups in total. The molecule has 0 saturated heterocycles. The van der Waals surface area contributed by atoms with Crippen molar-refractivity contribution >= 4 is 17.6 Å². The molecule has 0 aliphatic carbocycles. The molecule has 17 heavy (non-hydrogen) atoms. The summed E-state index contributed by atoms with van der Waals surface area (Å²) in [5.41, 5.74) is 4.75. The Morgan fingerprint density at radius 1 is 1.65 bits per heavy atom. The van der Waals surface area contributed by atoms with E-state index in [0.29, 0.717) is 6.07 Å². The molecule has 0 bridgehead atoms. The van der Waals surface area contributed by atoms with Gasteiger partial charge in [-0.25, -0.2) is 8.78 Å². The van der Waals surface area contributed by atoms with Gasteiger partial charge in [0.1, 0.15) is 11.7 Å². The summed E-state index contributed by atoms with van der Waals surface area (Å²) in [4.78, 5) is 10.9. The highest BCUT2D eigenvalue weighted by Crippen LogP contribution is 2.37. The van der Waals surface area contributed by atoms with Gasteiger partial charge < -0.3 is 15.6 Å². The summed E-state index contributed by atoms with van der Waals surface area (Å²) in [6.07, 6.45) is 0. The van der Waals surface area contributed by atoms with Crippen molar-refractivity contribution in [1.82, 2.24) is 0 Å². The van der Waals surface area contributed by atoms with Gasteiger partial charge in [0.25, 0.3) is 0 Å². The third-order valence-electron chi connectivity index (χ3n) is 2.25. The van der Waals surface area contributed by atoms with Crippen LogP contribution in [0.2, 0.25) is 5.02 Å². The fraction of sp³-hybridized carbons (Fsp3) is 0.300. The standard InChI is InChI=1S/C10H10ClF2NO3/c1-17-9-5(11)2-6(12)8(13)7(9)4(3-14)10(15)16/h2,4H,3,14H2,1H3,(H,15,16). The first-order valence-corrected chi connectivity index (χ1v) is 4.96. The van der Waals surface area contributed by atoms with E-state index < -0.39 is 35.6 Å². The number of ether oxygens (including phenoxy) is 1. The number of methoxy groups -OCH3 is 1. The zero-order valence-electron chi connectivity index (χ0n) is 8.84. The lowest BCUT2D eigenvalue weighted by Crippen LogP contribution is -2.23. The number of hydrogen-bond acceptors (Lipinski definition) is 3. The van der Waals surface area contributed by atoms with Gasteiger partial charge in [0.15, 0.2) is 11.6 Å². The van der Waals surface area contributed by atoms with Crippen molar-refractivity contribution in [2.75, 3.05) is 13.7 Å². The predicted octanol–water partition coefficient (Wildman–Crippen LogP) is 1.75. The number of aliphatic carboxylic acids is 1. The first-order chi connectivity index (χ1) is 7.93. The van der Waals surface area contributed by atoms with Crippen LogP contribution in [0, 0.1) is 11.6 Å². The third-order valence-corrected chi connectivity index (χ3v) is 2.53. The lowest BCUT2D eigenvalue weighted by Gasteiger charge is -2.16. The number of nitrogens with two attached hydrogens (primary N) is 1. The van der Waals surface area contributed by atoms with Gasteiger partial charge in [0, 0.05) is 12.1 Å². The van der Waals surface area contributed by atoms with Gasteiger partial charge >= 0.3 is 5.97 Å². The van der Waals surface area contributed by atoms with Crippen LogP contribution in [0.15, 0.2) is 6.07 Å². The fourth-order valence-corrected chi connectivity index (χ4v) is 1.73. The molecule has 4 nitrogen and oxygen atoms in total. The lowest BCUT2D eigenvalue weighted by atomic mass is 9.97. The van der Waals surface area contributed by atoms with Crippen LogP contribution in [0.1, 0.15) is 11.5 Å². The van der Waals surface area contributed by atoms with E-state index in [4.69, 9.17) is 27.2 Å². The molecule has 1 atom stereocenters. The Labute approximate surface area is 101 Å². The summed E-state index contributed by atoms with van der Waals surface area (Å²) < 4.78 is 31.5. The number of carboxylic acids is 1. The Morgan fingerprint density at radius 2 is 2.24 bits per heavy atom. The van der Waals surface area contributed by atoms with Crippen LogP contribution >= 0.6 is 11.6 Å². The van der Waals surface area contributed by atoms with Crippen molar-refractivity contribution in [2.45, 2.75) is 5.92 Å². The Hall–Kier alpha value is -1.40. The first-order valence-electron chi connectivity index (χ1n) is 4.58. The molecule has 0 radical (unpaired) electrons. The van der Waals surface area contributed by atoms with E-state index in [0.717, 1.165) is 0 Å². The number of benzene rings is 1. The molecule has 0 amide bonds. The van der Waals surface area contributed by atoms with Crippen molar-refractivity contribution in [3.05, 3.63) is 28.3 Å². The molecule has 0 fully saturated rings. The second kappa shape index (κ2) is 5.29. The maximum atomic E-state index is 13.6. The van der Waals surface area contributed by atoms with Gasteiger partial charge in [-0.3, -0.25) is 4.79 Å². The lowest BCUT2D eigenvalue weighted by molar-refractivity contribution is -0.138. The topological polar surface area (TPSA) is 72.5 Å². The highest BCUT2D eigenvalue weighted by atomic mass is 35.5. The molecule has 1 aromatic carbocycles.